The second kappa shape index (κ2) is 3.92. The Balaban J connectivity index is 1.88. The van der Waals surface area contributed by atoms with Gasteiger partial charge in [-0.05, 0) is 44.9 Å². The van der Waals surface area contributed by atoms with Crippen LogP contribution in [-0.4, -0.2) is 0 Å². The molecule has 0 saturated heterocycles. The van der Waals surface area contributed by atoms with Crippen molar-refractivity contribution in [2.45, 2.75) is 44.9 Å². The highest BCUT2D eigenvalue weighted by Crippen LogP contribution is 2.75. The predicted molar refractivity (Wildman–Crippen MR) is 97.1 cm³/mol. The third kappa shape index (κ3) is 1.37. The van der Waals surface area contributed by atoms with Crippen LogP contribution in [0.15, 0.2) is 48.0 Å². The monoisotopic (exact) mass is 320 g/mol. The van der Waals surface area contributed by atoms with Gasteiger partial charge in [-0.15, -0.1) is 0 Å². The van der Waals surface area contributed by atoms with E-state index < -0.39 is 0 Å². The zero-order valence-electron chi connectivity index (χ0n) is 14.1. The Bertz CT molecular complexity index is 898. The van der Waals surface area contributed by atoms with Crippen LogP contribution in [0.5, 0.6) is 0 Å². The number of hydrogen-bond donors (Lipinski definition) is 0. The van der Waals surface area contributed by atoms with Crippen LogP contribution in [0.3, 0.4) is 0 Å². The van der Waals surface area contributed by atoms with Gasteiger partial charge >= 0.3 is 0 Å². The van der Waals surface area contributed by atoms with Gasteiger partial charge in [-0.2, -0.15) is 0 Å². The Hall–Kier alpha value is -1.53. The normalized spacial score (nSPS) is 27.9. The highest BCUT2D eigenvalue weighted by molar-refractivity contribution is 6.31. The quantitative estimate of drug-likeness (QED) is 0.534. The minimum absolute atomic E-state index is 0.0967. The smallest absolute Gasteiger partial charge is 0.0447 e. The molecule has 23 heavy (non-hydrogen) atoms. The molecule has 0 amide bonds. The molecular formula is C22H21Cl. The topological polar surface area (TPSA) is 0 Å². The Morgan fingerprint density at radius 2 is 1.61 bits per heavy atom. The molecule has 116 valence electrons. The molecule has 2 atom stereocenters. The summed E-state index contributed by atoms with van der Waals surface area (Å²) in [5.41, 5.74) is 9.33. The summed E-state index contributed by atoms with van der Waals surface area (Å²) in [5, 5.41) is 0.946. The van der Waals surface area contributed by atoms with Crippen molar-refractivity contribution in [3.8, 4) is 0 Å². The van der Waals surface area contributed by atoms with Gasteiger partial charge in [0.15, 0.2) is 0 Å². The third-order valence-electron chi connectivity index (χ3n) is 6.61. The van der Waals surface area contributed by atoms with Crippen molar-refractivity contribution < 1.29 is 0 Å². The lowest BCUT2D eigenvalue weighted by Gasteiger charge is -2.35. The first-order valence-corrected chi connectivity index (χ1v) is 8.87. The molecule has 2 bridgehead atoms. The van der Waals surface area contributed by atoms with Crippen LogP contribution in [0.2, 0.25) is 5.02 Å². The first-order valence-electron chi connectivity index (χ1n) is 8.49. The highest BCUT2D eigenvalue weighted by Gasteiger charge is 2.62. The minimum atomic E-state index is 0.0967. The molecule has 0 spiro atoms. The lowest BCUT2D eigenvalue weighted by Crippen LogP contribution is -2.26. The van der Waals surface area contributed by atoms with Crippen molar-refractivity contribution in [2.75, 3.05) is 0 Å². The van der Waals surface area contributed by atoms with Crippen LogP contribution in [0.4, 0.5) is 0 Å². The van der Waals surface area contributed by atoms with Gasteiger partial charge in [-0.25, -0.2) is 0 Å². The summed E-state index contributed by atoms with van der Waals surface area (Å²) in [7, 11) is 0. The fourth-order valence-corrected chi connectivity index (χ4v) is 6.10. The molecule has 0 aromatic heterocycles. The zero-order valence-corrected chi connectivity index (χ0v) is 14.8. The first-order chi connectivity index (χ1) is 10.9. The molecule has 2 unspecified atom stereocenters. The number of benzene rings is 2. The van der Waals surface area contributed by atoms with Gasteiger partial charge in [0.1, 0.15) is 0 Å². The number of rotatable bonds is 0. The third-order valence-corrected chi connectivity index (χ3v) is 6.94. The van der Waals surface area contributed by atoms with Crippen molar-refractivity contribution in [2.24, 2.45) is 5.41 Å². The van der Waals surface area contributed by atoms with E-state index in [1.54, 1.807) is 11.1 Å². The van der Waals surface area contributed by atoms with E-state index in [0.717, 1.165) is 5.02 Å². The van der Waals surface area contributed by atoms with Crippen molar-refractivity contribution >= 4 is 17.2 Å². The molecule has 0 nitrogen and oxygen atoms in total. The van der Waals surface area contributed by atoms with Crippen molar-refractivity contribution in [3.63, 3.8) is 0 Å². The van der Waals surface area contributed by atoms with E-state index in [-0.39, 0.29) is 10.8 Å². The summed E-state index contributed by atoms with van der Waals surface area (Å²) in [5.74, 6) is 0.910. The maximum absolute atomic E-state index is 6.66. The Kier molecular flexibility index (Phi) is 2.37. The van der Waals surface area contributed by atoms with E-state index in [0.29, 0.717) is 11.8 Å². The van der Waals surface area contributed by atoms with Gasteiger partial charge in [0.2, 0.25) is 0 Å². The number of hydrogen-bond acceptors (Lipinski definition) is 0. The predicted octanol–water partition coefficient (Wildman–Crippen LogP) is 6.31. The molecule has 0 saturated carbocycles. The van der Waals surface area contributed by atoms with Crippen LogP contribution in [0, 0.1) is 5.41 Å². The van der Waals surface area contributed by atoms with E-state index in [4.69, 9.17) is 11.6 Å². The number of allylic oxidation sites excluding steroid dienone is 2. The minimum Gasteiger partial charge on any atom is -0.0840 e. The molecule has 0 heterocycles. The van der Waals surface area contributed by atoms with Crippen molar-refractivity contribution in [3.05, 3.63) is 75.3 Å². The lowest BCUT2D eigenvalue weighted by atomic mass is 9.68. The van der Waals surface area contributed by atoms with Gasteiger partial charge in [-0.1, -0.05) is 75.7 Å². The molecule has 0 radical (unpaired) electrons. The molecule has 3 aliphatic carbocycles. The standard InChI is InChI=1S/C22H21Cl/c1-21(2)14-10-6-5-8-12(14)17-18-13-9-7-11-15(23)16(13)19(20(17)21)22(18,3)4/h5-11,18-19H,1-4H3. The Morgan fingerprint density at radius 1 is 0.870 bits per heavy atom. The van der Waals surface area contributed by atoms with Gasteiger partial charge in [0.05, 0.1) is 0 Å². The fraction of sp³-hybridized carbons (Fsp3) is 0.364. The molecule has 3 aliphatic rings. The van der Waals surface area contributed by atoms with Gasteiger partial charge in [0.25, 0.3) is 0 Å². The molecule has 0 aliphatic heterocycles. The summed E-state index contributed by atoms with van der Waals surface area (Å²) in [6, 6.07) is 15.5. The average Bonchev–Trinajstić information content (AvgIpc) is 2.99. The maximum atomic E-state index is 6.66. The molecule has 2 aromatic rings. The largest absolute Gasteiger partial charge is 0.0840 e. The summed E-state index contributed by atoms with van der Waals surface area (Å²) in [4.78, 5) is 0. The lowest BCUT2D eigenvalue weighted by molar-refractivity contribution is 0.325. The summed E-state index contributed by atoms with van der Waals surface area (Å²) >= 11 is 6.66. The van der Waals surface area contributed by atoms with Crippen LogP contribution in [-0.2, 0) is 5.41 Å². The maximum Gasteiger partial charge on any atom is 0.0447 e. The molecule has 2 aromatic carbocycles. The van der Waals surface area contributed by atoms with E-state index in [2.05, 4.69) is 70.2 Å². The fourth-order valence-electron chi connectivity index (χ4n) is 5.81. The highest BCUT2D eigenvalue weighted by atomic mass is 35.5. The van der Waals surface area contributed by atoms with Crippen molar-refractivity contribution in [1.82, 2.24) is 0 Å². The first kappa shape index (κ1) is 13.9. The molecule has 5 rings (SSSR count). The Morgan fingerprint density at radius 3 is 2.39 bits per heavy atom. The van der Waals surface area contributed by atoms with Gasteiger partial charge < -0.3 is 0 Å². The Labute approximate surface area is 143 Å². The molecule has 0 fully saturated rings. The van der Waals surface area contributed by atoms with E-state index in [9.17, 15) is 0 Å². The van der Waals surface area contributed by atoms with E-state index in [1.807, 2.05) is 0 Å². The molecule has 1 heteroatoms. The van der Waals surface area contributed by atoms with Crippen LogP contribution >= 0.6 is 11.6 Å². The molecule has 0 N–H and O–H groups in total. The zero-order chi connectivity index (χ0) is 16.1. The van der Waals surface area contributed by atoms with Gasteiger partial charge in [0, 0.05) is 22.3 Å². The number of fused-ring (bicyclic) bond motifs is 9. The second-order valence-electron chi connectivity index (χ2n) is 8.43. The summed E-state index contributed by atoms with van der Waals surface area (Å²) in [6.07, 6.45) is 0. The van der Waals surface area contributed by atoms with Crippen molar-refractivity contribution in [1.29, 1.82) is 0 Å². The summed E-state index contributed by atoms with van der Waals surface area (Å²) < 4.78 is 0. The van der Waals surface area contributed by atoms with Crippen LogP contribution in [0.1, 0.15) is 61.8 Å². The molecular weight excluding hydrogens is 300 g/mol. The number of halogens is 1. The van der Waals surface area contributed by atoms with Crippen LogP contribution < -0.4 is 0 Å². The van der Waals surface area contributed by atoms with E-state index >= 15 is 0 Å². The SMILES string of the molecule is CC1(C)C2=C(c3ccccc31)C1c3cccc(Cl)c3C2C1(C)C. The van der Waals surface area contributed by atoms with Crippen LogP contribution in [0.25, 0.3) is 5.57 Å². The van der Waals surface area contributed by atoms with Gasteiger partial charge in [-0.3, -0.25) is 0 Å². The van der Waals surface area contributed by atoms with E-state index in [1.165, 1.54) is 22.3 Å². The average molecular weight is 321 g/mol. The summed E-state index contributed by atoms with van der Waals surface area (Å²) in [6.45, 7) is 9.63. The second-order valence-corrected chi connectivity index (χ2v) is 8.84.